The molecule has 1 fully saturated rings. The maximum atomic E-state index is 11.6. The third-order valence-electron chi connectivity index (χ3n) is 3.08. The second-order valence-electron chi connectivity index (χ2n) is 5.09. The Kier molecular flexibility index (Phi) is 6.05. The van der Waals surface area contributed by atoms with Crippen LogP contribution in [0.25, 0.3) is 0 Å². The van der Waals surface area contributed by atoms with E-state index in [4.69, 9.17) is 0 Å². The zero-order valence-electron chi connectivity index (χ0n) is 12.5. The van der Waals surface area contributed by atoms with Crippen molar-refractivity contribution in [1.29, 1.82) is 0 Å². The fourth-order valence-corrected chi connectivity index (χ4v) is 1.87. The maximum absolute atomic E-state index is 11.6. The first-order chi connectivity index (χ1) is 10.3. The quantitative estimate of drug-likeness (QED) is 0.361. The summed E-state index contributed by atoms with van der Waals surface area (Å²) in [7, 11) is 0. The summed E-state index contributed by atoms with van der Waals surface area (Å²) in [6.07, 6.45) is 6.86. The molecule has 0 aliphatic heterocycles. The van der Waals surface area contributed by atoms with Crippen LogP contribution in [0.15, 0.2) is 23.5 Å². The Morgan fingerprint density at radius 1 is 1.43 bits per heavy atom. The van der Waals surface area contributed by atoms with E-state index in [1.54, 1.807) is 6.20 Å². The van der Waals surface area contributed by atoms with Gasteiger partial charge >= 0.3 is 0 Å². The zero-order valence-corrected chi connectivity index (χ0v) is 12.5. The summed E-state index contributed by atoms with van der Waals surface area (Å²) in [5.74, 6) is 0.676. The molecule has 0 bridgehead atoms. The molecule has 7 nitrogen and oxygen atoms in total. The third-order valence-corrected chi connectivity index (χ3v) is 3.08. The number of hydrogen-bond donors (Lipinski definition) is 3. The Labute approximate surface area is 125 Å². The van der Waals surface area contributed by atoms with E-state index in [2.05, 4.69) is 26.0 Å². The minimum atomic E-state index is -0.00811. The number of amides is 1. The monoisotopic (exact) mass is 292 g/mol. The number of carbonyl (C=O) groups excluding carboxylic acids is 1. The molecule has 1 heterocycles. The van der Waals surface area contributed by atoms with Crippen LogP contribution in [0.5, 0.6) is 0 Å². The highest BCUT2D eigenvalue weighted by Crippen LogP contribution is 2.18. The first-order valence-electron chi connectivity index (χ1n) is 7.57. The van der Waals surface area contributed by atoms with E-state index >= 15 is 0 Å². The Hall–Kier alpha value is -2.05. The van der Waals surface area contributed by atoms with E-state index in [1.807, 2.05) is 23.9 Å². The van der Waals surface area contributed by atoms with Crippen molar-refractivity contribution < 1.29 is 4.79 Å². The van der Waals surface area contributed by atoms with Crippen LogP contribution in [0.3, 0.4) is 0 Å². The summed E-state index contributed by atoms with van der Waals surface area (Å²) in [5, 5.41) is 13.4. The van der Waals surface area contributed by atoms with Gasteiger partial charge < -0.3 is 16.0 Å². The number of guanidine groups is 1. The van der Waals surface area contributed by atoms with Crippen molar-refractivity contribution in [3.05, 3.63) is 18.5 Å². The molecule has 3 N–H and O–H groups in total. The fourth-order valence-electron chi connectivity index (χ4n) is 1.87. The highest BCUT2D eigenvalue weighted by Gasteiger charge is 2.22. The van der Waals surface area contributed by atoms with Gasteiger partial charge in [-0.25, -0.2) is 4.99 Å². The van der Waals surface area contributed by atoms with Crippen LogP contribution in [0, 0.1) is 0 Å². The highest BCUT2D eigenvalue weighted by molar-refractivity contribution is 5.85. The second kappa shape index (κ2) is 8.28. The van der Waals surface area contributed by atoms with Crippen LogP contribution < -0.4 is 16.0 Å². The van der Waals surface area contributed by atoms with Crippen molar-refractivity contribution in [1.82, 2.24) is 25.7 Å². The lowest BCUT2D eigenvalue weighted by atomic mass is 10.4. The number of nitrogens with one attached hydrogen (secondary N) is 3. The van der Waals surface area contributed by atoms with Crippen molar-refractivity contribution in [2.45, 2.75) is 38.8 Å². The van der Waals surface area contributed by atoms with E-state index < -0.39 is 0 Å². The van der Waals surface area contributed by atoms with Crippen LogP contribution in [-0.4, -0.2) is 47.3 Å². The number of rotatable bonds is 8. The minimum absolute atomic E-state index is 0.00811. The van der Waals surface area contributed by atoms with Crippen molar-refractivity contribution in [2.75, 3.05) is 19.6 Å². The van der Waals surface area contributed by atoms with Gasteiger partial charge in [0.2, 0.25) is 5.91 Å². The minimum Gasteiger partial charge on any atom is -0.357 e. The standard InChI is InChI=1S/C14H24N6O/c1-2-15-14(17-11-13(21)19-12-5-6-12)16-7-3-9-20-10-4-8-18-20/h4,8,10,12H,2-3,5-7,9,11H2,1H3,(H,19,21)(H2,15,16,17). The molecule has 0 aromatic carbocycles. The molecule has 1 aromatic rings. The van der Waals surface area contributed by atoms with Gasteiger partial charge in [0.15, 0.2) is 5.96 Å². The van der Waals surface area contributed by atoms with Crippen molar-refractivity contribution in [3.63, 3.8) is 0 Å². The predicted octanol–water partition coefficient (Wildman–Crippen LogP) is 0.107. The molecule has 1 amide bonds. The topological polar surface area (TPSA) is 83.3 Å². The molecular formula is C14H24N6O. The molecular weight excluding hydrogens is 268 g/mol. The molecule has 1 saturated carbocycles. The predicted molar refractivity (Wildman–Crippen MR) is 82.0 cm³/mol. The summed E-state index contributed by atoms with van der Waals surface area (Å²) in [5.41, 5.74) is 0. The average molecular weight is 292 g/mol. The van der Waals surface area contributed by atoms with Crippen LogP contribution in [-0.2, 0) is 11.3 Å². The summed E-state index contributed by atoms with van der Waals surface area (Å²) in [4.78, 5) is 15.9. The molecule has 21 heavy (non-hydrogen) atoms. The highest BCUT2D eigenvalue weighted by atomic mass is 16.2. The van der Waals surface area contributed by atoms with E-state index in [0.717, 1.165) is 38.9 Å². The lowest BCUT2D eigenvalue weighted by molar-refractivity contribution is -0.119. The molecule has 0 unspecified atom stereocenters. The van der Waals surface area contributed by atoms with Gasteiger partial charge in [-0.15, -0.1) is 0 Å². The van der Waals surface area contributed by atoms with Gasteiger partial charge in [0.1, 0.15) is 6.54 Å². The molecule has 0 radical (unpaired) electrons. The average Bonchev–Trinajstić information content (AvgIpc) is 3.13. The normalized spacial score (nSPS) is 14.8. The number of aromatic nitrogens is 2. The SMILES string of the molecule is CCNC(=NCC(=O)NC1CC1)NCCCn1cccn1. The zero-order chi connectivity index (χ0) is 14.9. The Balaban J connectivity index is 1.65. The third kappa shape index (κ3) is 6.29. The van der Waals surface area contributed by atoms with Crippen LogP contribution in [0.1, 0.15) is 26.2 Å². The van der Waals surface area contributed by atoms with Crippen molar-refractivity contribution in [3.8, 4) is 0 Å². The van der Waals surface area contributed by atoms with E-state index in [1.165, 1.54) is 0 Å². The van der Waals surface area contributed by atoms with Gasteiger partial charge in [-0.3, -0.25) is 9.48 Å². The number of aryl methyl sites for hydroxylation is 1. The Morgan fingerprint density at radius 2 is 2.29 bits per heavy atom. The summed E-state index contributed by atoms with van der Waals surface area (Å²) >= 11 is 0. The fraction of sp³-hybridized carbons (Fsp3) is 0.643. The molecule has 1 aliphatic rings. The van der Waals surface area contributed by atoms with Gasteiger partial charge in [-0.1, -0.05) is 0 Å². The van der Waals surface area contributed by atoms with Gasteiger partial charge in [0.25, 0.3) is 0 Å². The van der Waals surface area contributed by atoms with E-state index in [-0.39, 0.29) is 12.5 Å². The Bertz CT molecular complexity index is 452. The Morgan fingerprint density at radius 3 is 2.95 bits per heavy atom. The lowest BCUT2D eigenvalue weighted by Crippen LogP contribution is -2.39. The number of nitrogens with zero attached hydrogens (tertiary/aromatic N) is 3. The van der Waals surface area contributed by atoms with E-state index in [9.17, 15) is 4.79 Å². The first-order valence-corrected chi connectivity index (χ1v) is 7.57. The summed E-state index contributed by atoms with van der Waals surface area (Å²) < 4.78 is 1.90. The van der Waals surface area contributed by atoms with Gasteiger partial charge in [-0.05, 0) is 32.3 Å². The van der Waals surface area contributed by atoms with Gasteiger partial charge in [0, 0.05) is 38.1 Å². The maximum Gasteiger partial charge on any atom is 0.242 e. The van der Waals surface area contributed by atoms with Gasteiger partial charge in [0.05, 0.1) is 0 Å². The summed E-state index contributed by atoms with van der Waals surface area (Å²) in [6, 6.07) is 2.30. The van der Waals surface area contributed by atoms with Crippen LogP contribution >= 0.6 is 0 Å². The molecule has 1 aliphatic carbocycles. The molecule has 0 spiro atoms. The molecule has 0 saturated heterocycles. The smallest absolute Gasteiger partial charge is 0.242 e. The number of hydrogen-bond acceptors (Lipinski definition) is 3. The molecule has 7 heteroatoms. The lowest BCUT2D eigenvalue weighted by Gasteiger charge is -2.11. The molecule has 1 aromatic heterocycles. The molecule has 116 valence electrons. The molecule has 2 rings (SSSR count). The van der Waals surface area contributed by atoms with Crippen molar-refractivity contribution in [2.24, 2.45) is 4.99 Å². The van der Waals surface area contributed by atoms with Gasteiger partial charge in [-0.2, -0.15) is 5.10 Å². The van der Waals surface area contributed by atoms with Crippen LogP contribution in [0.2, 0.25) is 0 Å². The van der Waals surface area contributed by atoms with Crippen LogP contribution in [0.4, 0.5) is 0 Å². The van der Waals surface area contributed by atoms with E-state index in [0.29, 0.717) is 12.0 Å². The summed E-state index contributed by atoms with van der Waals surface area (Å²) in [6.45, 7) is 4.60. The number of aliphatic imine (C=N–C) groups is 1. The number of carbonyl (C=O) groups is 1. The molecule has 0 atom stereocenters. The second-order valence-corrected chi connectivity index (χ2v) is 5.09. The largest absolute Gasteiger partial charge is 0.357 e. The van der Waals surface area contributed by atoms with Crippen molar-refractivity contribution >= 4 is 11.9 Å². The first kappa shape index (κ1) is 15.3.